The van der Waals surface area contributed by atoms with E-state index in [-0.39, 0.29) is 17.4 Å². The summed E-state index contributed by atoms with van der Waals surface area (Å²) in [6.07, 6.45) is 1.56. The number of nitrogens with one attached hydrogen (secondary N) is 2. The Bertz CT molecular complexity index is 913. The van der Waals surface area contributed by atoms with Crippen LogP contribution in [0.3, 0.4) is 0 Å². The lowest BCUT2D eigenvalue weighted by atomic mass is 10.2. The average Bonchev–Trinajstić information content (AvgIpc) is 2.67. The zero-order valence-corrected chi connectivity index (χ0v) is 18.2. The van der Waals surface area contributed by atoms with Gasteiger partial charge in [-0.15, -0.1) is 0 Å². The molecule has 0 aliphatic rings. The maximum Gasteiger partial charge on any atom is 0.321 e. The summed E-state index contributed by atoms with van der Waals surface area (Å²) in [5.74, 6) is -0.440. The van der Waals surface area contributed by atoms with Crippen LogP contribution < -0.4 is 16.2 Å². The Hall–Kier alpha value is -2.39. The molecule has 29 heavy (non-hydrogen) atoms. The number of nitrogens with zero attached hydrogens (tertiary/aromatic N) is 3. The summed E-state index contributed by atoms with van der Waals surface area (Å²) < 4.78 is 1.61. The molecule has 0 saturated carbocycles. The smallest absolute Gasteiger partial charge is 0.321 e. The third-order valence-corrected chi connectivity index (χ3v) is 5.37. The lowest BCUT2D eigenvalue weighted by Gasteiger charge is -2.15. The van der Waals surface area contributed by atoms with Crippen molar-refractivity contribution in [3.8, 4) is 0 Å². The van der Waals surface area contributed by atoms with Crippen molar-refractivity contribution < 1.29 is 9.59 Å². The predicted octanol–water partition coefficient (Wildman–Crippen LogP) is 2.06. The zero-order chi connectivity index (χ0) is 21.4. The molecule has 2 rings (SSSR count). The Labute approximate surface area is 175 Å². The van der Waals surface area contributed by atoms with E-state index in [2.05, 4.69) is 20.5 Å². The number of amides is 3. The first kappa shape index (κ1) is 22.9. The van der Waals surface area contributed by atoms with Crippen molar-refractivity contribution in [1.82, 2.24) is 25.1 Å². The van der Waals surface area contributed by atoms with Gasteiger partial charge in [-0.2, -0.15) is 0 Å². The fraction of sp³-hybridized carbons (Fsp3) is 0.500. The second-order valence-corrected chi connectivity index (χ2v) is 8.09. The molecule has 9 heteroatoms. The normalized spacial score (nSPS) is 12.2. The summed E-state index contributed by atoms with van der Waals surface area (Å²) in [6, 6.07) is 6.65. The minimum Gasteiger partial charge on any atom is -0.335 e. The molecule has 1 aromatic carbocycles. The molecule has 3 amide bonds. The maximum absolute atomic E-state index is 12.9. The molecule has 0 bridgehead atoms. The summed E-state index contributed by atoms with van der Waals surface area (Å²) in [4.78, 5) is 43.5. The molecule has 158 valence electrons. The first-order chi connectivity index (χ1) is 13.8. The van der Waals surface area contributed by atoms with Crippen molar-refractivity contribution in [2.24, 2.45) is 0 Å². The van der Waals surface area contributed by atoms with Gasteiger partial charge in [0.1, 0.15) is 0 Å². The van der Waals surface area contributed by atoms with Crippen LogP contribution >= 0.6 is 11.8 Å². The number of fused-ring (bicyclic) bond motifs is 1. The first-order valence-corrected chi connectivity index (χ1v) is 10.7. The molecule has 0 aliphatic carbocycles. The van der Waals surface area contributed by atoms with Gasteiger partial charge >= 0.3 is 6.03 Å². The first-order valence-electron chi connectivity index (χ1n) is 9.69. The van der Waals surface area contributed by atoms with Crippen molar-refractivity contribution in [3.63, 3.8) is 0 Å². The minimum absolute atomic E-state index is 0.00755. The van der Waals surface area contributed by atoms with Crippen LogP contribution in [0.5, 0.6) is 0 Å². The largest absolute Gasteiger partial charge is 0.335 e. The minimum atomic E-state index is -0.514. The van der Waals surface area contributed by atoms with Gasteiger partial charge in [-0.1, -0.05) is 30.8 Å². The number of carbonyl (C=O) groups excluding carboxylic acids is 2. The lowest BCUT2D eigenvalue weighted by molar-refractivity contribution is -0.117. The van der Waals surface area contributed by atoms with Crippen LogP contribution in [0, 0.1) is 0 Å². The Morgan fingerprint density at radius 1 is 1.28 bits per heavy atom. The molecule has 1 aromatic heterocycles. The van der Waals surface area contributed by atoms with Crippen LogP contribution in [-0.4, -0.2) is 58.8 Å². The second kappa shape index (κ2) is 11.0. The highest BCUT2D eigenvalue weighted by Gasteiger charge is 2.15. The van der Waals surface area contributed by atoms with Gasteiger partial charge in [0, 0.05) is 12.6 Å². The number of imide groups is 1. The molecular weight excluding hydrogens is 390 g/mol. The van der Waals surface area contributed by atoms with Gasteiger partial charge in [0.2, 0.25) is 5.91 Å². The molecular formula is C20H29N5O3S. The molecule has 1 atom stereocenters. The Morgan fingerprint density at radius 2 is 2.00 bits per heavy atom. The van der Waals surface area contributed by atoms with Crippen LogP contribution in [0.25, 0.3) is 10.9 Å². The number of carbonyl (C=O) groups is 2. The monoisotopic (exact) mass is 419 g/mol. The van der Waals surface area contributed by atoms with E-state index in [1.54, 1.807) is 16.7 Å². The highest BCUT2D eigenvalue weighted by molar-refractivity contribution is 7.99. The topological polar surface area (TPSA) is 96.3 Å². The number of para-hydroxylation sites is 1. The molecule has 2 aromatic rings. The molecule has 0 spiro atoms. The van der Waals surface area contributed by atoms with Gasteiger partial charge in [0.05, 0.1) is 16.7 Å². The number of hydrogen-bond acceptors (Lipinski definition) is 6. The van der Waals surface area contributed by atoms with Crippen molar-refractivity contribution in [3.05, 3.63) is 34.6 Å². The van der Waals surface area contributed by atoms with E-state index in [1.807, 2.05) is 40.1 Å². The highest BCUT2D eigenvalue weighted by atomic mass is 32.2. The summed E-state index contributed by atoms with van der Waals surface area (Å²) in [5, 5.41) is 6.03. The maximum atomic E-state index is 12.9. The van der Waals surface area contributed by atoms with E-state index < -0.39 is 11.9 Å². The lowest BCUT2D eigenvalue weighted by Crippen LogP contribution is -2.44. The number of thioether (sulfide) groups is 1. The molecule has 1 heterocycles. The average molecular weight is 420 g/mol. The van der Waals surface area contributed by atoms with Crippen LogP contribution in [0.1, 0.15) is 26.7 Å². The summed E-state index contributed by atoms with van der Waals surface area (Å²) >= 11 is 1.16. The third kappa shape index (κ3) is 6.86. The number of hydrogen-bond donors (Lipinski definition) is 2. The number of rotatable bonds is 9. The Kier molecular flexibility index (Phi) is 8.66. The Balaban J connectivity index is 2.14. The number of urea groups is 1. The van der Waals surface area contributed by atoms with Gasteiger partial charge < -0.3 is 10.2 Å². The molecule has 0 unspecified atom stereocenters. The number of aromatic nitrogens is 2. The zero-order valence-electron chi connectivity index (χ0n) is 17.4. The van der Waals surface area contributed by atoms with E-state index in [0.717, 1.165) is 31.1 Å². The van der Waals surface area contributed by atoms with E-state index in [4.69, 9.17) is 0 Å². The molecule has 0 fully saturated rings. The molecule has 0 saturated heterocycles. The fourth-order valence-electron chi connectivity index (χ4n) is 2.65. The van der Waals surface area contributed by atoms with E-state index in [1.165, 1.54) is 0 Å². The van der Waals surface area contributed by atoms with Crippen LogP contribution in [-0.2, 0) is 11.3 Å². The van der Waals surface area contributed by atoms with Crippen molar-refractivity contribution >= 4 is 34.6 Å². The molecule has 2 N–H and O–H groups in total. The van der Waals surface area contributed by atoms with Crippen LogP contribution in [0.2, 0.25) is 0 Å². The van der Waals surface area contributed by atoms with Gasteiger partial charge in [0.25, 0.3) is 5.56 Å². The standard InChI is InChI=1S/C20H29N5O3S/c1-5-14(2)21-19(28)23-17(26)13-29-20-22-16-10-7-6-9-15(16)18(27)25(20)12-8-11-24(3)4/h6-7,9-10,14H,5,8,11-13H2,1-4H3,(H2,21,23,26,28)/t14-/m1/s1. The third-order valence-electron chi connectivity index (χ3n) is 4.39. The summed E-state index contributed by atoms with van der Waals surface area (Å²) in [6.45, 7) is 5.15. The Morgan fingerprint density at radius 3 is 2.69 bits per heavy atom. The van der Waals surface area contributed by atoms with Gasteiger partial charge in [-0.25, -0.2) is 9.78 Å². The van der Waals surface area contributed by atoms with E-state index in [0.29, 0.717) is 22.6 Å². The van der Waals surface area contributed by atoms with Crippen molar-refractivity contribution in [2.75, 3.05) is 26.4 Å². The van der Waals surface area contributed by atoms with E-state index in [9.17, 15) is 14.4 Å². The summed E-state index contributed by atoms with van der Waals surface area (Å²) in [7, 11) is 3.96. The highest BCUT2D eigenvalue weighted by Crippen LogP contribution is 2.18. The molecule has 0 aliphatic heterocycles. The summed E-state index contributed by atoms with van der Waals surface area (Å²) in [5.41, 5.74) is 0.477. The fourth-order valence-corrected chi connectivity index (χ4v) is 3.48. The predicted molar refractivity (Wildman–Crippen MR) is 116 cm³/mol. The second-order valence-electron chi connectivity index (χ2n) is 7.14. The quantitative estimate of drug-likeness (QED) is 0.477. The SMILES string of the molecule is CC[C@@H](C)NC(=O)NC(=O)CSc1nc2ccccc2c(=O)n1CCCN(C)C. The molecule has 0 radical (unpaired) electrons. The van der Waals surface area contributed by atoms with Gasteiger partial charge in [-0.3, -0.25) is 19.5 Å². The van der Waals surface area contributed by atoms with Gasteiger partial charge in [-0.05, 0) is 52.5 Å². The molecule has 8 nitrogen and oxygen atoms in total. The van der Waals surface area contributed by atoms with E-state index >= 15 is 0 Å². The van der Waals surface area contributed by atoms with Crippen LogP contribution in [0.15, 0.2) is 34.2 Å². The van der Waals surface area contributed by atoms with Crippen molar-refractivity contribution in [2.45, 2.75) is 44.4 Å². The van der Waals surface area contributed by atoms with Gasteiger partial charge in [0.15, 0.2) is 5.16 Å². The van der Waals surface area contributed by atoms with Crippen LogP contribution in [0.4, 0.5) is 4.79 Å². The number of benzene rings is 1. The van der Waals surface area contributed by atoms with Crippen molar-refractivity contribution in [1.29, 1.82) is 0 Å².